The molecular weight excluding hydrogens is 356 g/mol. The fourth-order valence-corrected chi connectivity index (χ4v) is 3.03. The van der Waals surface area contributed by atoms with Gasteiger partial charge in [-0.2, -0.15) is 0 Å². The molecule has 28 heavy (non-hydrogen) atoms. The van der Waals surface area contributed by atoms with E-state index in [2.05, 4.69) is 10.3 Å². The van der Waals surface area contributed by atoms with Gasteiger partial charge in [0.2, 0.25) is 11.8 Å². The summed E-state index contributed by atoms with van der Waals surface area (Å²) in [7, 11) is 3.25. The van der Waals surface area contributed by atoms with Crippen molar-refractivity contribution < 1.29 is 14.3 Å². The van der Waals surface area contributed by atoms with Gasteiger partial charge in [-0.05, 0) is 24.3 Å². The van der Waals surface area contributed by atoms with E-state index in [0.29, 0.717) is 13.0 Å². The van der Waals surface area contributed by atoms with Gasteiger partial charge in [-0.15, -0.1) is 0 Å². The van der Waals surface area contributed by atoms with Crippen LogP contribution in [0.25, 0.3) is 11.0 Å². The molecule has 2 amide bonds. The number of hydrogen-bond acceptors (Lipinski definition) is 4. The summed E-state index contributed by atoms with van der Waals surface area (Å²) >= 11 is 0. The highest BCUT2D eigenvalue weighted by Gasteiger charge is 2.17. The molecule has 0 bridgehead atoms. The molecule has 0 saturated carbocycles. The first-order chi connectivity index (χ1) is 13.6. The summed E-state index contributed by atoms with van der Waals surface area (Å²) in [6, 6.07) is 17.2. The molecule has 7 heteroatoms. The lowest BCUT2D eigenvalue weighted by Crippen LogP contribution is -2.32. The number of likely N-dealkylation sites (N-methyl/N-ethyl adjacent to an activating group) is 1. The Morgan fingerprint density at radius 2 is 1.82 bits per heavy atom. The number of fused-ring (bicyclic) bond motifs is 1. The van der Waals surface area contributed by atoms with Crippen LogP contribution >= 0.6 is 0 Å². The van der Waals surface area contributed by atoms with Gasteiger partial charge in [0.25, 0.3) is 0 Å². The van der Waals surface area contributed by atoms with Crippen molar-refractivity contribution in [3.63, 3.8) is 0 Å². The van der Waals surface area contributed by atoms with Crippen LogP contribution in [0.5, 0.6) is 0 Å². The van der Waals surface area contributed by atoms with Gasteiger partial charge in [0.05, 0.1) is 11.0 Å². The number of ether oxygens (including phenoxy) is 1. The third-order valence-electron chi connectivity index (χ3n) is 4.49. The van der Waals surface area contributed by atoms with E-state index in [0.717, 1.165) is 22.5 Å². The van der Waals surface area contributed by atoms with Gasteiger partial charge in [0.15, 0.2) is 0 Å². The molecule has 0 saturated heterocycles. The summed E-state index contributed by atoms with van der Waals surface area (Å²) in [5.74, 6) is 0.540. The van der Waals surface area contributed by atoms with Crippen molar-refractivity contribution in [1.29, 1.82) is 0 Å². The number of imidazole rings is 1. The molecule has 1 heterocycles. The number of para-hydroxylation sites is 3. The maximum absolute atomic E-state index is 12.9. The van der Waals surface area contributed by atoms with Crippen LogP contribution in [0, 0.1) is 0 Å². The SMILES string of the molecule is COCC(=O)NCCc1nc2ccccc2n1CC(=O)N(C)c1ccccc1. The zero-order valence-electron chi connectivity index (χ0n) is 16.1. The molecule has 7 nitrogen and oxygen atoms in total. The molecule has 2 aromatic carbocycles. The summed E-state index contributed by atoms with van der Waals surface area (Å²) in [4.78, 5) is 30.7. The first-order valence-corrected chi connectivity index (χ1v) is 9.11. The van der Waals surface area contributed by atoms with Gasteiger partial charge in [-0.1, -0.05) is 30.3 Å². The van der Waals surface area contributed by atoms with E-state index < -0.39 is 0 Å². The highest BCUT2D eigenvalue weighted by Crippen LogP contribution is 2.18. The minimum Gasteiger partial charge on any atom is -0.375 e. The van der Waals surface area contributed by atoms with Crippen molar-refractivity contribution in [2.45, 2.75) is 13.0 Å². The summed E-state index contributed by atoms with van der Waals surface area (Å²) in [5, 5.41) is 2.79. The summed E-state index contributed by atoms with van der Waals surface area (Å²) in [6.45, 7) is 0.623. The van der Waals surface area contributed by atoms with Crippen LogP contribution in [0.2, 0.25) is 0 Å². The lowest BCUT2D eigenvalue weighted by atomic mass is 10.3. The van der Waals surface area contributed by atoms with Crippen molar-refractivity contribution in [2.24, 2.45) is 0 Å². The van der Waals surface area contributed by atoms with Gasteiger partial charge in [0.1, 0.15) is 19.0 Å². The van der Waals surface area contributed by atoms with Crippen molar-refractivity contribution in [3.8, 4) is 0 Å². The number of benzene rings is 2. The number of amides is 2. The molecule has 1 aromatic heterocycles. The number of nitrogens with one attached hydrogen (secondary N) is 1. The maximum Gasteiger partial charge on any atom is 0.246 e. The first-order valence-electron chi connectivity index (χ1n) is 9.11. The highest BCUT2D eigenvalue weighted by molar-refractivity contribution is 5.93. The number of methoxy groups -OCH3 is 1. The lowest BCUT2D eigenvalue weighted by Gasteiger charge is -2.18. The molecule has 0 spiro atoms. The van der Waals surface area contributed by atoms with E-state index in [1.165, 1.54) is 7.11 Å². The Kier molecular flexibility index (Phi) is 6.39. The van der Waals surface area contributed by atoms with Crippen LogP contribution in [0.1, 0.15) is 5.82 Å². The Labute approximate surface area is 163 Å². The van der Waals surface area contributed by atoms with Gasteiger partial charge < -0.3 is 19.5 Å². The van der Waals surface area contributed by atoms with Crippen molar-refractivity contribution in [3.05, 3.63) is 60.4 Å². The Balaban J connectivity index is 1.78. The number of rotatable bonds is 8. The smallest absolute Gasteiger partial charge is 0.246 e. The fraction of sp³-hybridized carbons (Fsp3) is 0.286. The Hall–Kier alpha value is -3.19. The first kappa shape index (κ1) is 19.6. The zero-order valence-corrected chi connectivity index (χ0v) is 16.1. The molecule has 0 fully saturated rings. The predicted molar refractivity (Wildman–Crippen MR) is 108 cm³/mol. The summed E-state index contributed by atoms with van der Waals surface area (Å²) in [5.41, 5.74) is 2.57. The number of carbonyl (C=O) groups is 2. The van der Waals surface area contributed by atoms with E-state index in [1.807, 2.05) is 59.2 Å². The van der Waals surface area contributed by atoms with Gasteiger partial charge in [-0.25, -0.2) is 4.98 Å². The second-order valence-corrected chi connectivity index (χ2v) is 6.42. The summed E-state index contributed by atoms with van der Waals surface area (Å²) in [6.07, 6.45) is 0.520. The normalized spacial score (nSPS) is 10.8. The molecule has 0 radical (unpaired) electrons. The van der Waals surface area contributed by atoms with E-state index in [1.54, 1.807) is 11.9 Å². The number of anilines is 1. The van der Waals surface area contributed by atoms with Gasteiger partial charge in [-0.3, -0.25) is 9.59 Å². The van der Waals surface area contributed by atoms with Crippen LogP contribution in [-0.4, -0.2) is 48.7 Å². The predicted octanol–water partition coefficient (Wildman–Crippen LogP) is 2.00. The van der Waals surface area contributed by atoms with Crippen LogP contribution < -0.4 is 10.2 Å². The topological polar surface area (TPSA) is 76.5 Å². The standard InChI is InChI=1S/C21H24N4O3/c1-24(16-8-4-3-5-9-16)21(27)14-25-18-11-7-6-10-17(18)23-19(25)12-13-22-20(26)15-28-2/h3-11H,12-15H2,1-2H3,(H,22,26). The Morgan fingerprint density at radius 1 is 1.11 bits per heavy atom. The van der Waals surface area contributed by atoms with Crippen LogP contribution in [0.15, 0.2) is 54.6 Å². The molecule has 3 rings (SSSR count). The highest BCUT2D eigenvalue weighted by atomic mass is 16.5. The molecule has 0 aliphatic heterocycles. The second kappa shape index (κ2) is 9.14. The number of nitrogens with zero attached hydrogens (tertiary/aromatic N) is 3. The molecule has 1 N–H and O–H groups in total. The monoisotopic (exact) mass is 380 g/mol. The van der Waals surface area contributed by atoms with E-state index >= 15 is 0 Å². The second-order valence-electron chi connectivity index (χ2n) is 6.42. The van der Waals surface area contributed by atoms with Crippen LogP contribution in [0.3, 0.4) is 0 Å². The average Bonchev–Trinajstić information content (AvgIpc) is 3.05. The largest absolute Gasteiger partial charge is 0.375 e. The van der Waals surface area contributed by atoms with Crippen molar-refractivity contribution >= 4 is 28.5 Å². The third-order valence-corrected chi connectivity index (χ3v) is 4.49. The number of carbonyl (C=O) groups excluding carboxylic acids is 2. The number of aromatic nitrogens is 2. The van der Waals surface area contributed by atoms with Crippen molar-refractivity contribution in [1.82, 2.24) is 14.9 Å². The van der Waals surface area contributed by atoms with E-state index in [-0.39, 0.29) is 25.0 Å². The molecule has 0 aliphatic carbocycles. The Morgan fingerprint density at radius 3 is 2.57 bits per heavy atom. The van der Waals surface area contributed by atoms with Gasteiger partial charge in [0, 0.05) is 32.8 Å². The molecule has 146 valence electrons. The quantitative estimate of drug-likeness (QED) is 0.649. The molecule has 0 aliphatic rings. The van der Waals surface area contributed by atoms with Gasteiger partial charge >= 0.3 is 0 Å². The molecule has 0 atom stereocenters. The van der Waals surface area contributed by atoms with Crippen LogP contribution in [0.4, 0.5) is 5.69 Å². The maximum atomic E-state index is 12.9. The Bertz CT molecular complexity index is 953. The fourth-order valence-electron chi connectivity index (χ4n) is 3.03. The van der Waals surface area contributed by atoms with E-state index in [4.69, 9.17) is 4.74 Å². The summed E-state index contributed by atoms with van der Waals surface area (Å²) < 4.78 is 6.73. The minimum absolute atomic E-state index is 0.0246. The molecule has 3 aromatic rings. The minimum atomic E-state index is -0.176. The molecular formula is C21H24N4O3. The average molecular weight is 380 g/mol. The lowest BCUT2D eigenvalue weighted by molar-refractivity contribution is -0.124. The van der Waals surface area contributed by atoms with Crippen LogP contribution in [-0.2, 0) is 27.3 Å². The van der Waals surface area contributed by atoms with E-state index in [9.17, 15) is 9.59 Å². The number of hydrogen-bond donors (Lipinski definition) is 1. The van der Waals surface area contributed by atoms with Crippen molar-refractivity contribution in [2.75, 3.05) is 32.2 Å². The third kappa shape index (κ3) is 4.55. The molecule has 0 unspecified atom stereocenters. The zero-order chi connectivity index (χ0) is 19.9.